The first-order valence-electron chi connectivity index (χ1n) is 7.53. The Labute approximate surface area is 153 Å². The molecule has 1 aliphatic rings. The molecular weight excluding hydrogens is 423 g/mol. The molecule has 126 valence electrons. The van der Waals surface area contributed by atoms with Crippen LogP contribution in [0.3, 0.4) is 0 Å². The number of carbonyl (C=O) groups excluding carboxylic acids is 1. The highest BCUT2D eigenvalue weighted by atomic mass is 127. The summed E-state index contributed by atoms with van der Waals surface area (Å²) in [5.74, 6) is 1.70. The fraction of sp³-hybridized carbons (Fsp3) is 0.312. The standard InChI is InChI=1S/C16H17IN4O3/c1-3-5-24-15-11(17)6-10(7-13(15)23-4-2)12-8-14(22)20-16-18-9-19-21(12)16/h3,6-7,9,12H,1,4-5,8H2,2H3,(H,18,19,20,22). The summed E-state index contributed by atoms with van der Waals surface area (Å²) in [6.07, 6.45) is 3.42. The number of hydrogen-bond acceptors (Lipinski definition) is 5. The Hall–Kier alpha value is -2.10. The van der Waals surface area contributed by atoms with E-state index in [0.717, 1.165) is 9.13 Å². The van der Waals surface area contributed by atoms with Crippen LogP contribution in [0.15, 0.2) is 31.1 Å². The molecule has 2 heterocycles. The van der Waals surface area contributed by atoms with Crippen molar-refractivity contribution in [3.8, 4) is 11.5 Å². The summed E-state index contributed by atoms with van der Waals surface area (Å²) in [4.78, 5) is 16.0. The van der Waals surface area contributed by atoms with E-state index in [1.165, 1.54) is 6.33 Å². The summed E-state index contributed by atoms with van der Waals surface area (Å²) < 4.78 is 14.1. The molecule has 0 bridgehead atoms. The first kappa shape index (κ1) is 16.7. The number of nitrogens with zero attached hydrogens (tertiary/aromatic N) is 3. The van der Waals surface area contributed by atoms with Crippen molar-refractivity contribution in [3.05, 3.63) is 40.2 Å². The topological polar surface area (TPSA) is 78.3 Å². The third kappa shape index (κ3) is 3.23. The van der Waals surface area contributed by atoms with Gasteiger partial charge in [0.05, 0.1) is 22.6 Å². The van der Waals surface area contributed by atoms with E-state index in [0.29, 0.717) is 37.1 Å². The van der Waals surface area contributed by atoms with Crippen LogP contribution in [0.1, 0.15) is 24.9 Å². The Morgan fingerprint density at radius 1 is 1.50 bits per heavy atom. The lowest BCUT2D eigenvalue weighted by atomic mass is 10.0. The molecule has 3 rings (SSSR count). The van der Waals surface area contributed by atoms with E-state index < -0.39 is 0 Å². The van der Waals surface area contributed by atoms with Gasteiger partial charge in [-0.05, 0) is 47.2 Å². The fourth-order valence-electron chi connectivity index (χ4n) is 2.59. The molecule has 0 saturated heterocycles. The maximum atomic E-state index is 12.0. The third-order valence-corrected chi connectivity index (χ3v) is 4.36. The maximum Gasteiger partial charge on any atom is 0.229 e. The number of hydrogen-bond donors (Lipinski definition) is 1. The van der Waals surface area contributed by atoms with Gasteiger partial charge in [-0.3, -0.25) is 10.1 Å². The largest absolute Gasteiger partial charge is 0.490 e. The second-order valence-corrected chi connectivity index (χ2v) is 6.32. The van der Waals surface area contributed by atoms with Crippen LogP contribution >= 0.6 is 22.6 Å². The smallest absolute Gasteiger partial charge is 0.229 e. The van der Waals surface area contributed by atoms with E-state index in [-0.39, 0.29) is 11.9 Å². The molecule has 1 N–H and O–H groups in total. The van der Waals surface area contributed by atoms with Gasteiger partial charge in [-0.15, -0.1) is 0 Å². The number of ether oxygens (including phenoxy) is 2. The summed E-state index contributed by atoms with van der Waals surface area (Å²) in [6, 6.07) is 3.66. The number of amides is 1. The first-order valence-corrected chi connectivity index (χ1v) is 8.61. The molecule has 2 aromatic rings. The quantitative estimate of drug-likeness (QED) is 0.552. The lowest BCUT2D eigenvalue weighted by Gasteiger charge is -2.25. The summed E-state index contributed by atoms with van der Waals surface area (Å²) in [5.41, 5.74) is 0.926. The highest BCUT2D eigenvalue weighted by Gasteiger charge is 2.29. The molecule has 0 fully saturated rings. The highest BCUT2D eigenvalue weighted by Crippen LogP contribution is 2.38. The van der Waals surface area contributed by atoms with Gasteiger partial charge in [0.15, 0.2) is 11.5 Å². The SMILES string of the molecule is C=CCOc1c(I)cc(C2CC(=O)Nc3ncnn32)cc1OCC. The molecule has 1 aromatic carbocycles. The van der Waals surface area contributed by atoms with E-state index in [2.05, 4.69) is 44.6 Å². The van der Waals surface area contributed by atoms with Crippen LogP contribution in [0, 0.1) is 3.57 Å². The lowest BCUT2D eigenvalue weighted by Crippen LogP contribution is -2.29. The van der Waals surface area contributed by atoms with Gasteiger partial charge in [0.2, 0.25) is 11.9 Å². The van der Waals surface area contributed by atoms with Gasteiger partial charge >= 0.3 is 0 Å². The highest BCUT2D eigenvalue weighted by molar-refractivity contribution is 14.1. The van der Waals surface area contributed by atoms with Gasteiger partial charge in [-0.1, -0.05) is 12.7 Å². The fourth-order valence-corrected chi connectivity index (χ4v) is 3.37. The van der Waals surface area contributed by atoms with E-state index >= 15 is 0 Å². The molecule has 1 amide bonds. The Morgan fingerprint density at radius 3 is 3.08 bits per heavy atom. The van der Waals surface area contributed by atoms with Crippen molar-refractivity contribution in [2.75, 3.05) is 18.5 Å². The van der Waals surface area contributed by atoms with E-state index in [1.54, 1.807) is 10.8 Å². The lowest BCUT2D eigenvalue weighted by molar-refractivity contribution is -0.117. The van der Waals surface area contributed by atoms with Gasteiger partial charge in [0.25, 0.3) is 0 Å². The van der Waals surface area contributed by atoms with Gasteiger partial charge in [0, 0.05) is 0 Å². The summed E-state index contributed by atoms with van der Waals surface area (Å²) in [5, 5.41) is 6.94. The molecule has 0 aliphatic carbocycles. The van der Waals surface area contributed by atoms with Crippen molar-refractivity contribution in [2.45, 2.75) is 19.4 Å². The number of nitrogens with one attached hydrogen (secondary N) is 1. The molecule has 7 nitrogen and oxygen atoms in total. The number of rotatable bonds is 6. The number of benzene rings is 1. The van der Waals surface area contributed by atoms with Crippen LogP contribution in [0.5, 0.6) is 11.5 Å². The molecule has 1 aromatic heterocycles. The first-order chi connectivity index (χ1) is 11.6. The molecular formula is C16H17IN4O3. The number of halogens is 1. The van der Waals surface area contributed by atoms with Crippen molar-refractivity contribution in [1.82, 2.24) is 14.8 Å². The summed E-state index contributed by atoms with van der Waals surface area (Å²) in [6.45, 7) is 6.50. The minimum atomic E-state index is -0.225. The van der Waals surface area contributed by atoms with Crippen LogP contribution in [0.2, 0.25) is 0 Å². The normalized spacial score (nSPS) is 16.2. The molecule has 0 saturated carbocycles. The van der Waals surface area contributed by atoms with Gasteiger partial charge in [-0.2, -0.15) is 10.1 Å². The molecule has 0 radical (unpaired) electrons. The number of fused-ring (bicyclic) bond motifs is 1. The third-order valence-electron chi connectivity index (χ3n) is 3.56. The molecule has 1 unspecified atom stereocenters. The van der Waals surface area contributed by atoms with Gasteiger partial charge < -0.3 is 9.47 Å². The monoisotopic (exact) mass is 440 g/mol. The molecule has 8 heteroatoms. The van der Waals surface area contributed by atoms with Crippen molar-refractivity contribution in [2.24, 2.45) is 0 Å². The zero-order valence-electron chi connectivity index (χ0n) is 13.2. The van der Waals surface area contributed by atoms with Crippen molar-refractivity contribution < 1.29 is 14.3 Å². The van der Waals surface area contributed by atoms with E-state index in [9.17, 15) is 4.79 Å². The summed E-state index contributed by atoms with van der Waals surface area (Å²) in [7, 11) is 0. The van der Waals surface area contributed by atoms with E-state index in [4.69, 9.17) is 9.47 Å². The number of carbonyl (C=O) groups is 1. The van der Waals surface area contributed by atoms with Crippen LogP contribution in [0.4, 0.5) is 5.95 Å². The maximum absolute atomic E-state index is 12.0. The Balaban J connectivity index is 2.03. The molecule has 1 aliphatic heterocycles. The Bertz CT molecular complexity index is 775. The van der Waals surface area contributed by atoms with Crippen molar-refractivity contribution >= 4 is 34.4 Å². The minimum absolute atomic E-state index is 0.0829. The predicted octanol–water partition coefficient (Wildman–Crippen LogP) is 2.78. The Kier molecular flexibility index (Phi) is 5.03. The van der Waals surface area contributed by atoms with Crippen molar-refractivity contribution in [1.29, 1.82) is 0 Å². The average molecular weight is 440 g/mol. The van der Waals surface area contributed by atoms with Crippen LogP contribution in [0.25, 0.3) is 0 Å². The second kappa shape index (κ2) is 7.20. The number of anilines is 1. The molecule has 24 heavy (non-hydrogen) atoms. The van der Waals surface area contributed by atoms with Crippen LogP contribution in [-0.4, -0.2) is 33.9 Å². The van der Waals surface area contributed by atoms with Crippen molar-refractivity contribution in [3.63, 3.8) is 0 Å². The molecule has 1 atom stereocenters. The Morgan fingerprint density at radius 2 is 2.33 bits per heavy atom. The van der Waals surface area contributed by atoms with Crippen LogP contribution in [-0.2, 0) is 4.79 Å². The second-order valence-electron chi connectivity index (χ2n) is 5.16. The predicted molar refractivity (Wildman–Crippen MR) is 97.4 cm³/mol. The molecule has 0 spiro atoms. The summed E-state index contributed by atoms with van der Waals surface area (Å²) >= 11 is 2.21. The number of aromatic nitrogens is 3. The average Bonchev–Trinajstić information content (AvgIpc) is 3.01. The zero-order chi connectivity index (χ0) is 17.1. The zero-order valence-corrected chi connectivity index (χ0v) is 15.3. The van der Waals surface area contributed by atoms with Gasteiger partial charge in [-0.25, -0.2) is 4.68 Å². The van der Waals surface area contributed by atoms with E-state index in [1.807, 2.05) is 19.1 Å². The minimum Gasteiger partial charge on any atom is -0.490 e. The van der Waals surface area contributed by atoms with Gasteiger partial charge in [0.1, 0.15) is 12.9 Å². The van der Waals surface area contributed by atoms with Crippen LogP contribution < -0.4 is 14.8 Å².